The monoisotopic (exact) mass is 372 g/mol. The van der Waals surface area contributed by atoms with E-state index in [1.807, 2.05) is 17.8 Å². The van der Waals surface area contributed by atoms with Gasteiger partial charge in [-0.25, -0.2) is 0 Å². The van der Waals surface area contributed by atoms with Gasteiger partial charge in [-0.15, -0.1) is 0 Å². The van der Waals surface area contributed by atoms with Crippen LogP contribution in [0.25, 0.3) is 0 Å². The van der Waals surface area contributed by atoms with Crippen LogP contribution in [-0.4, -0.2) is 24.2 Å². The van der Waals surface area contributed by atoms with Crippen LogP contribution in [0.5, 0.6) is 0 Å². The van der Waals surface area contributed by atoms with Gasteiger partial charge in [0.25, 0.3) is 0 Å². The number of hydrogen-bond donors (Lipinski definition) is 1. The standard InChI is InChI=1S/C21H25ClN2S/c1-3-23-21-14(2)10-11-24(21)18-12-15-6-4-5-7-19(15)25-20-9-8-16(22)13-17(18)20/h4-9,13-14,18,21,23H,3,10-12H2,1-2H3/t14?,18-,21-/m0/s1. The molecule has 3 atom stereocenters. The average Bonchev–Trinajstić information content (AvgIpc) is 2.88. The van der Waals surface area contributed by atoms with Crippen molar-refractivity contribution in [3.63, 3.8) is 0 Å². The molecule has 0 bridgehead atoms. The Morgan fingerprint density at radius 3 is 2.88 bits per heavy atom. The van der Waals surface area contributed by atoms with Crippen LogP contribution in [0.4, 0.5) is 0 Å². The van der Waals surface area contributed by atoms with Gasteiger partial charge in [0.2, 0.25) is 0 Å². The molecule has 2 aliphatic heterocycles. The molecule has 1 fully saturated rings. The molecule has 2 nitrogen and oxygen atoms in total. The van der Waals surface area contributed by atoms with Gasteiger partial charge >= 0.3 is 0 Å². The molecule has 1 N–H and O–H groups in total. The zero-order valence-electron chi connectivity index (χ0n) is 14.8. The SMILES string of the molecule is CCN[C@@H]1C(C)CCN1[C@H]1Cc2ccccc2Sc2ccc(Cl)cc21. The lowest BCUT2D eigenvalue weighted by Crippen LogP contribution is -2.46. The Hall–Kier alpha value is -1.00. The summed E-state index contributed by atoms with van der Waals surface area (Å²) in [6.45, 7) is 6.71. The fraction of sp³-hybridized carbons (Fsp3) is 0.429. The second kappa shape index (κ2) is 7.32. The summed E-state index contributed by atoms with van der Waals surface area (Å²) in [7, 11) is 0. The van der Waals surface area contributed by atoms with Gasteiger partial charge in [-0.3, -0.25) is 4.90 Å². The highest BCUT2D eigenvalue weighted by molar-refractivity contribution is 7.99. The molecule has 2 aliphatic rings. The van der Waals surface area contributed by atoms with Crippen molar-refractivity contribution in [2.24, 2.45) is 5.92 Å². The van der Waals surface area contributed by atoms with Crippen LogP contribution >= 0.6 is 23.4 Å². The Labute approximate surface area is 159 Å². The van der Waals surface area contributed by atoms with E-state index in [1.165, 1.54) is 27.3 Å². The third kappa shape index (κ3) is 3.35. The molecule has 4 heteroatoms. The lowest BCUT2D eigenvalue weighted by Gasteiger charge is -2.35. The van der Waals surface area contributed by atoms with Gasteiger partial charge in [0, 0.05) is 27.4 Å². The predicted molar refractivity (Wildman–Crippen MR) is 106 cm³/mol. The highest BCUT2D eigenvalue weighted by Gasteiger charge is 2.37. The fourth-order valence-corrected chi connectivity index (χ4v) is 5.53. The van der Waals surface area contributed by atoms with E-state index in [0.29, 0.717) is 18.1 Å². The van der Waals surface area contributed by atoms with Gasteiger partial charge in [-0.1, -0.05) is 55.4 Å². The minimum Gasteiger partial charge on any atom is -0.302 e. The first-order valence-electron chi connectivity index (χ1n) is 9.21. The van der Waals surface area contributed by atoms with Crippen molar-refractivity contribution in [3.8, 4) is 0 Å². The number of likely N-dealkylation sites (tertiary alicyclic amines) is 1. The molecule has 2 aromatic rings. The highest BCUT2D eigenvalue weighted by atomic mass is 35.5. The van der Waals surface area contributed by atoms with Gasteiger partial charge in [0.15, 0.2) is 0 Å². The molecule has 1 unspecified atom stereocenters. The van der Waals surface area contributed by atoms with E-state index >= 15 is 0 Å². The summed E-state index contributed by atoms with van der Waals surface area (Å²) in [5.41, 5.74) is 2.82. The van der Waals surface area contributed by atoms with Gasteiger partial charge in [0.1, 0.15) is 0 Å². The van der Waals surface area contributed by atoms with E-state index in [4.69, 9.17) is 11.6 Å². The molecule has 0 aromatic heterocycles. The maximum atomic E-state index is 6.40. The topological polar surface area (TPSA) is 15.3 Å². The van der Waals surface area contributed by atoms with Crippen molar-refractivity contribution < 1.29 is 0 Å². The van der Waals surface area contributed by atoms with Crippen LogP contribution < -0.4 is 5.32 Å². The third-order valence-electron chi connectivity index (χ3n) is 5.49. The molecule has 0 aliphatic carbocycles. The second-order valence-electron chi connectivity index (χ2n) is 7.12. The molecule has 2 aromatic carbocycles. The zero-order valence-corrected chi connectivity index (χ0v) is 16.4. The number of fused-ring (bicyclic) bond motifs is 2. The van der Waals surface area contributed by atoms with Gasteiger partial charge in [-0.2, -0.15) is 0 Å². The molecule has 0 radical (unpaired) electrons. The zero-order chi connectivity index (χ0) is 17.4. The van der Waals surface area contributed by atoms with Crippen LogP contribution in [0.3, 0.4) is 0 Å². The smallest absolute Gasteiger partial charge is 0.0629 e. The number of rotatable bonds is 3. The first kappa shape index (κ1) is 17.4. The van der Waals surface area contributed by atoms with Crippen LogP contribution in [0.1, 0.15) is 37.4 Å². The summed E-state index contributed by atoms with van der Waals surface area (Å²) in [5.74, 6) is 0.675. The van der Waals surface area contributed by atoms with Crippen molar-refractivity contribution in [3.05, 3.63) is 58.6 Å². The first-order chi connectivity index (χ1) is 12.2. The quantitative estimate of drug-likeness (QED) is 0.780. The Bertz CT molecular complexity index is 763. The summed E-state index contributed by atoms with van der Waals surface area (Å²) >= 11 is 8.28. The molecular weight excluding hydrogens is 348 g/mol. The van der Waals surface area contributed by atoms with E-state index in [1.54, 1.807) is 0 Å². The van der Waals surface area contributed by atoms with Crippen molar-refractivity contribution >= 4 is 23.4 Å². The summed E-state index contributed by atoms with van der Waals surface area (Å²) in [6.07, 6.45) is 2.74. The second-order valence-corrected chi connectivity index (χ2v) is 8.64. The number of nitrogens with one attached hydrogen (secondary N) is 1. The molecule has 0 amide bonds. The Morgan fingerprint density at radius 1 is 1.20 bits per heavy atom. The summed E-state index contributed by atoms with van der Waals surface area (Å²) in [6, 6.07) is 15.6. The number of halogens is 1. The molecular formula is C21H25ClN2S. The van der Waals surface area contributed by atoms with Crippen LogP contribution in [0, 0.1) is 5.92 Å². The van der Waals surface area contributed by atoms with Crippen LogP contribution in [-0.2, 0) is 6.42 Å². The van der Waals surface area contributed by atoms with Gasteiger partial charge < -0.3 is 5.32 Å². The summed E-state index contributed by atoms with van der Waals surface area (Å²) < 4.78 is 0. The predicted octanol–water partition coefficient (Wildman–Crippen LogP) is 5.37. The molecule has 132 valence electrons. The lowest BCUT2D eigenvalue weighted by atomic mass is 9.97. The molecule has 1 saturated heterocycles. The summed E-state index contributed by atoms with van der Waals surface area (Å²) in [5, 5.41) is 4.55. The van der Waals surface area contributed by atoms with Gasteiger partial charge in [0.05, 0.1) is 6.17 Å². The maximum Gasteiger partial charge on any atom is 0.0629 e. The maximum absolute atomic E-state index is 6.40. The molecule has 4 rings (SSSR count). The van der Waals surface area contributed by atoms with E-state index < -0.39 is 0 Å². The molecule has 0 spiro atoms. The van der Waals surface area contributed by atoms with Crippen LogP contribution in [0.15, 0.2) is 52.3 Å². The molecule has 2 heterocycles. The summed E-state index contributed by atoms with van der Waals surface area (Å²) in [4.78, 5) is 5.39. The van der Waals surface area contributed by atoms with Crippen molar-refractivity contribution in [1.29, 1.82) is 0 Å². The van der Waals surface area contributed by atoms with E-state index in [-0.39, 0.29) is 0 Å². The van der Waals surface area contributed by atoms with Crippen molar-refractivity contribution in [1.82, 2.24) is 10.2 Å². The number of hydrogen-bond acceptors (Lipinski definition) is 3. The van der Waals surface area contributed by atoms with Crippen molar-refractivity contribution in [2.45, 2.75) is 48.7 Å². The highest BCUT2D eigenvalue weighted by Crippen LogP contribution is 2.45. The lowest BCUT2D eigenvalue weighted by molar-refractivity contribution is 0.135. The minimum atomic E-state index is 0.374. The number of benzene rings is 2. The Morgan fingerprint density at radius 2 is 2.04 bits per heavy atom. The minimum absolute atomic E-state index is 0.374. The third-order valence-corrected chi connectivity index (χ3v) is 6.93. The van der Waals surface area contributed by atoms with E-state index in [2.05, 4.69) is 60.5 Å². The Balaban J connectivity index is 1.79. The van der Waals surface area contributed by atoms with E-state index in [9.17, 15) is 0 Å². The largest absolute Gasteiger partial charge is 0.302 e. The van der Waals surface area contributed by atoms with E-state index in [0.717, 1.165) is 24.5 Å². The molecule has 25 heavy (non-hydrogen) atoms. The van der Waals surface area contributed by atoms with Crippen molar-refractivity contribution in [2.75, 3.05) is 13.1 Å². The average molecular weight is 373 g/mol. The normalized spacial score (nSPS) is 26.1. The fourth-order valence-electron chi connectivity index (χ4n) is 4.23. The number of nitrogens with zero attached hydrogens (tertiary/aromatic N) is 1. The first-order valence-corrected chi connectivity index (χ1v) is 10.4. The Kier molecular flexibility index (Phi) is 5.10. The van der Waals surface area contributed by atoms with Crippen LogP contribution in [0.2, 0.25) is 5.02 Å². The molecule has 0 saturated carbocycles. The van der Waals surface area contributed by atoms with Gasteiger partial charge in [-0.05, 0) is 60.7 Å².